The van der Waals surface area contributed by atoms with Gasteiger partial charge in [0.1, 0.15) is 0 Å². The van der Waals surface area contributed by atoms with Crippen molar-refractivity contribution in [2.75, 3.05) is 27.4 Å². The molecular weight excluding hydrogens is 280 g/mol. The summed E-state index contributed by atoms with van der Waals surface area (Å²) in [6, 6.07) is 6.46. The lowest BCUT2D eigenvalue weighted by Crippen LogP contribution is -2.37. The van der Waals surface area contributed by atoms with E-state index in [1.807, 2.05) is 12.3 Å². The van der Waals surface area contributed by atoms with Crippen LogP contribution < -0.4 is 4.74 Å². The maximum Gasteiger partial charge on any atom is 0.217 e. The molecule has 0 radical (unpaired) electrons. The minimum atomic E-state index is 0.348. The number of hydrogen-bond donors (Lipinski definition) is 0. The Bertz CT molecular complexity index is 614. The molecule has 2 aromatic heterocycles. The van der Waals surface area contributed by atoms with Crippen molar-refractivity contribution in [3.8, 4) is 5.88 Å². The van der Waals surface area contributed by atoms with Gasteiger partial charge in [0, 0.05) is 51.3 Å². The number of ether oxygens (including phenoxy) is 2. The molecule has 6 heteroatoms. The van der Waals surface area contributed by atoms with Crippen molar-refractivity contribution in [2.45, 2.75) is 25.6 Å². The molecule has 1 atom stereocenters. The standard InChI is InChI=1S/C16H22N4O2/c1-21-9-6-15-12-19(11-14-5-8-18-20(14)15)10-13-4-3-7-17-16(13)22-2/h3-5,7-8,15H,6,9-12H2,1-2H3/t15-/m0/s1. The van der Waals surface area contributed by atoms with Gasteiger partial charge in [0.05, 0.1) is 18.8 Å². The second-order valence-corrected chi connectivity index (χ2v) is 5.54. The van der Waals surface area contributed by atoms with Crippen LogP contribution in [0.4, 0.5) is 0 Å². The average Bonchev–Trinajstić information content (AvgIpc) is 3.01. The van der Waals surface area contributed by atoms with Gasteiger partial charge in [0.15, 0.2) is 0 Å². The monoisotopic (exact) mass is 302 g/mol. The fourth-order valence-corrected chi connectivity index (χ4v) is 3.02. The fourth-order valence-electron chi connectivity index (χ4n) is 3.02. The second kappa shape index (κ2) is 6.89. The average molecular weight is 302 g/mol. The van der Waals surface area contributed by atoms with Gasteiger partial charge in [-0.15, -0.1) is 0 Å². The quantitative estimate of drug-likeness (QED) is 0.815. The molecule has 0 unspecified atom stereocenters. The van der Waals surface area contributed by atoms with Gasteiger partial charge < -0.3 is 9.47 Å². The fraction of sp³-hybridized carbons (Fsp3) is 0.500. The maximum absolute atomic E-state index is 5.36. The van der Waals surface area contributed by atoms with Crippen LogP contribution in [-0.4, -0.2) is 47.0 Å². The van der Waals surface area contributed by atoms with Gasteiger partial charge >= 0.3 is 0 Å². The van der Waals surface area contributed by atoms with Crippen LogP contribution in [0, 0.1) is 0 Å². The van der Waals surface area contributed by atoms with Crippen molar-refractivity contribution in [3.63, 3.8) is 0 Å². The van der Waals surface area contributed by atoms with E-state index in [0.717, 1.165) is 38.2 Å². The number of aromatic nitrogens is 3. The molecule has 0 N–H and O–H groups in total. The first kappa shape index (κ1) is 15.0. The first-order valence-electron chi connectivity index (χ1n) is 7.53. The van der Waals surface area contributed by atoms with Gasteiger partial charge in [-0.25, -0.2) is 4.98 Å². The van der Waals surface area contributed by atoms with Crippen molar-refractivity contribution < 1.29 is 9.47 Å². The molecule has 0 amide bonds. The summed E-state index contributed by atoms with van der Waals surface area (Å²) in [5.41, 5.74) is 2.36. The Hall–Kier alpha value is -1.92. The van der Waals surface area contributed by atoms with Crippen molar-refractivity contribution in [1.29, 1.82) is 0 Å². The lowest BCUT2D eigenvalue weighted by Gasteiger charge is -2.34. The highest BCUT2D eigenvalue weighted by Gasteiger charge is 2.25. The van der Waals surface area contributed by atoms with Gasteiger partial charge in [-0.2, -0.15) is 5.10 Å². The third kappa shape index (κ3) is 3.13. The van der Waals surface area contributed by atoms with Crippen LogP contribution in [0.1, 0.15) is 23.7 Å². The molecule has 22 heavy (non-hydrogen) atoms. The third-order valence-electron chi connectivity index (χ3n) is 4.05. The summed E-state index contributed by atoms with van der Waals surface area (Å²) < 4.78 is 12.7. The molecule has 2 aromatic rings. The lowest BCUT2D eigenvalue weighted by molar-refractivity contribution is 0.124. The summed E-state index contributed by atoms with van der Waals surface area (Å²) in [5, 5.41) is 4.46. The van der Waals surface area contributed by atoms with Crippen molar-refractivity contribution in [1.82, 2.24) is 19.7 Å². The van der Waals surface area contributed by atoms with Crippen LogP contribution in [0.3, 0.4) is 0 Å². The minimum Gasteiger partial charge on any atom is -0.481 e. The van der Waals surface area contributed by atoms with Crippen LogP contribution in [0.5, 0.6) is 5.88 Å². The largest absolute Gasteiger partial charge is 0.481 e. The first-order valence-corrected chi connectivity index (χ1v) is 7.53. The van der Waals surface area contributed by atoms with E-state index in [1.54, 1.807) is 20.4 Å². The Balaban J connectivity index is 1.75. The number of methoxy groups -OCH3 is 2. The van der Waals surface area contributed by atoms with E-state index in [9.17, 15) is 0 Å². The van der Waals surface area contributed by atoms with E-state index in [2.05, 4.69) is 31.8 Å². The van der Waals surface area contributed by atoms with E-state index in [0.29, 0.717) is 11.9 Å². The molecule has 6 nitrogen and oxygen atoms in total. The lowest BCUT2D eigenvalue weighted by atomic mass is 10.1. The highest BCUT2D eigenvalue weighted by molar-refractivity contribution is 5.25. The third-order valence-corrected chi connectivity index (χ3v) is 4.05. The van der Waals surface area contributed by atoms with E-state index in [1.165, 1.54) is 5.69 Å². The van der Waals surface area contributed by atoms with Crippen molar-refractivity contribution >= 4 is 0 Å². The van der Waals surface area contributed by atoms with Gasteiger partial charge in [0.25, 0.3) is 0 Å². The molecule has 118 valence electrons. The molecule has 3 heterocycles. The Morgan fingerprint density at radius 1 is 1.27 bits per heavy atom. The molecule has 1 aliphatic heterocycles. The van der Waals surface area contributed by atoms with E-state index in [-0.39, 0.29) is 0 Å². The zero-order valence-corrected chi connectivity index (χ0v) is 13.1. The number of nitrogens with zero attached hydrogens (tertiary/aromatic N) is 4. The van der Waals surface area contributed by atoms with Gasteiger partial charge in [-0.3, -0.25) is 9.58 Å². The first-order chi connectivity index (χ1) is 10.8. The molecule has 0 aromatic carbocycles. The van der Waals surface area contributed by atoms with Gasteiger partial charge in [-0.1, -0.05) is 6.07 Å². The molecule has 0 aliphatic carbocycles. The Kier molecular flexibility index (Phi) is 4.70. The number of rotatable bonds is 6. The van der Waals surface area contributed by atoms with Crippen LogP contribution >= 0.6 is 0 Å². The normalized spacial score (nSPS) is 18.2. The van der Waals surface area contributed by atoms with E-state index in [4.69, 9.17) is 9.47 Å². The van der Waals surface area contributed by atoms with Gasteiger partial charge in [-0.05, 0) is 18.6 Å². The smallest absolute Gasteiger partial charge is 0.217 e. The zero-order valence-electron chi connectivity index (χ0n) is 13.1. The topological polar surface area (TPSA) is 52.4 Å². The van der Waals surface area contributed by atoms with Crippen LogP contribution in [0.25, 0.3) is 0 Å². The molecule has 0 fully saturated rings. The molecule has 0 saturated carbocycles. The summed E-state index contributed by atoms with van der Waals surface area (Å²) in [7, 11) is 3.41. The van der Waals surface area contributed by atoms with Gasteiger partial charge in [0.2, 0.25) is 5.88 Å². The Morgan fingerprint density at radius 3 is 3.00 bits per heavy atom. The Labute approximate surface area is 130 Å². The van der Waals surface area contributed by atoms with Crippen molar-refractivity contribution in [3.05, 3.63) is 41.9 Å². The highest BCUT2D eigenvalue weighted by Crippen LogP contribution is 2.26. The predicted molar refractivity (Wildman–Crippen MR) is 82.7 cm³/mol. The summed E-state index contributed by atoms with van der Waals surface area (Å²) in [5.74, 6) is 0.704. The zero-order chi connectivity index (χ0) is 15.4. The summed E-state index contributed by atoms with van der Waals surface area (Å²) in [6.07, 6.45) is 4.60. The van der Waals surface area contributed by atoms with Crippen LogP contribution in [-0.2, 0) is 17.8 Å². The second-order valence-electron chi connectivity index (χ2n) is 5.54. The molecule has 0 bridgehead atoms. The maximum atomic E-state index is 5.36. The predicted octanol–water partition coefficient (Wildman–Crippen LogP) is 1.88. The van der Waals surface area contributed by atoms with E-state index >= 15 is 0 Å². The SMILES string of the molecule is COCC[C@H]1CN(Cc2cccnc2OC)Cc2ccnn21. The van der Waals surface area contributed by atoms with Crippen LogP contribution in [0.2, 0.25) is 0 Å². The Morgan fingerprint density at radius 2 is 2.18 bits per heavy atom. The van der Waals surface area contributed by atoms with Crippen molar-refractivity contribution in [2.24, 2.45) is 0 Å². The minimum absolute atomic E-state index is 0.348. The van der Waals surface area contributed by atoms with Crippen LogP contribution in [0.15, 0.2) is 30.6 Å². The number of pyridine rings is 1. The molecule has 0 saturated heterocycles. The van der Waals surface area contributed by atoms with E-state index < -0.39 is 0 Å². The molecule has 3 rings (SSSR count). The summed E-state index contributed by atoms with van der Waals surface area (Å²) in [4.78, 5) is 6.69. The highest BCUT2D eigenvalue weighted by atomic mass is 16.5. The molecule has 1 aliphatic rings. The summed E-state index contributed by atoms with van der Waals surface area (Å²) in [6.45, 7) is 3.41. The number of fused-ring (bicyclic) bond motifs is 1. The number of hydrogen-bond acceptors (Lipinski definition) is 5. The molecule has 0 spiro atoms. The molecular formula is C16H22N4O2. The summed E-state index contributed by atoms with van der Waals surface area (Å²) >= 11 is 0.